The average Bonchev–Trinajstić information content (AvgIpc) is 2.51. The second kappa shape index (κ2) is 5.66. The van der Waals surface area contributed by atoms with E-state index in [0.717, 1.165) is 0 Å². The predicted molar refractivity (Wildman–Crippen MR) is 85.3 cm³/mol. The fourth-order valence-corrected chi connectivity index (χ4v) is 3.09. The van der Waals surface area contributed by atoms with Crippen LogP contribution in [-0.4, -0.2) is 14.9 Å². The topological polar surface area (TPSA) is 108 Å². The van der Waals surface area contributed by atoms with E-state index < -0.39 is 24.9 Å². The molecule has 0 unspecified atom stereocenters. The Morgan fingerprint density at radius 3 is 2.35 bits per heavy atom. The molecule has 1 aromatic heterocycles. The Hall–Kier alpha value is -2.40. The van der Waals surface area contributed by atoms with Gasteiger partial charge >= 0.3 is 7.60 Å². The molecule has 0 aliphatic heterocycles. The van der Waals surface area contributed by atoms with Crippen molar-refractivity contribution >= 4 is 18.6 Å². The van der Waals surface area contributed by atoms with Gasteiger partial charge < -0.3 is 19.3 Å². The smallest absolute Gasteiger partial charge is 0.330 e. The fraction of sp³-hybridized carbons (Fsp3) is 0.0625. The van der Waals surface area contributed by atoms with Crippen LogP contribution in [0.25, 0.3) is 22.3 Å². The van der Waals surface area contributed by atoms with Crippen molar-refractivity contribution in [2.45, 2.75) is 6.16 Å². The Balaban J connectivity index is 2.33. The van der Waals surface area contributed by atoms with Crippen molar-refractivity contribution in [1.29, 1.82) is 0 Å². The maximum atomic E-state index is 12.3. The zero-order valence-electron chi connectivity index (χ0n) is 11.8. The Morgan fingerprint density at radius 1 is 1.00 bits per heavy atom. The molecule has 0 bridgehead atoms. The van der Waals surface area contributed by atoms with E-state index in [0.29, 0.717) is 5.56 Å². The summed E-state index contributed by atoms with van der Waals surface area (Å²) >= 11 is 0. The van der Waals surface area contributed by atoms with E-state index in [2.05, 4.69) is 0 Å². The van der Waals surface area contributed by atoms with Crippen molar-refractivity contribution in [2.24, 2.45) is 0 Å². The monoisotopic (exact) mass is 332 g/mol. The number of hydrogen-bond donors (Lipinski definition) is 3. The molecule has 7 heteroatoms. The lowest BCUT2D eigenvalue weighted by Gasteiger charge is -2.10. The van der Waals surface area contributed by atoms with E-state index in [1.54, 1.807) is 30.3 Å². The first-order valence-corrected chi connectivity index (χ1v) is 8.54. The summed E-state index contributed by atoms with van der Waals surface area (Å²) in [5.41, 5.74) is 0.134. The summed E-state index contributed by atoms with van der Waals surface area (Å²) in [6.07, 6.45) is -0.549. The summed E-state index contributed by atoms with van der Waals surface area (Å²) in [6, 6.07) is 13.0. The SMILES string of the molecule is O=c1c(O)c(-c2ccccc2)oc2c(CP(=O)(O)O)cccc12. The lowest BCUT2D eigenvalue weighted by Crippen LogP contribution is -2.04. The third kappa shape index (κ3) is 3.05. The van der Waals surface area contributed by atoms with Gasteiger partial charge in [-0.25, -0.2) is 0 Å². The van der Waals surface area contributed by atoms with Crippen LogP contribution in [-0.2, 0) is 10.7 Å². The lowest BCUT2D eigenvalue weighted by atomic mass is 10.1. The van der Waals surface area contributed by atoms with E-state index in [4.69, 9.17) is 4.42 Å². The predicted octanol–water partition coefficient (Wildman–Crippen LogP) is 2.84. The fourth-order valence-electron chi connectivity index (χ4n) is 2.40. The highest BCUT2D eigenvalue weighted by molar-refractivity contribution is 7.50. The molecule has 2 aromatic carbocycles. The van der Waals surface area contributed by atoms with E-state index in [1.165, 1.54) is 18.2 Å². The molecule has 0 atom stereocenters. The highest BCUT2D eigenvalue weighted by Gasteiger charge is 2.21. The zero-order chi connectivity index (χ0) is 16.6. The minimum Gasteiger partial charge on any atom is -0.502 e. The van der Waals surface area contributed by atoms with E-state index in [-0.39, 0.29) is 22.3 Å². The van der Waals surface area contributed by atoms with Crippen molar-refractivity contribution in [3.63, 3.8) is 0 Å². The lowest BCUT2D eigenvalue weighted by molar-refractivity contribution is 0.371. The van der Waals surface area contributed by atoms with Gasteiger partial charge in [0.25, 0.3) is 0 Å². The first kappa shape index (κ1) is 15.5. The molecule has 0 fully saturated rings. The summed E-state index contributed by atoms with van der Waals surface area (Å²) in [7, 11) is -4.33. The molecule has 0 spiro atoms. The minimum atomic E-state index is -4.33. The van der Waals surface area contributed by atoms with Crippen molar-refractivity contribution < 1.29 is 23.9 Å². The highest BCUT2D eigenvalue weighted by Crippen LogP contribution is 2.41. The molecule has 0 saturated carbocycles. The van der Waals surface area contributed by atoms with Crippen molar-refractivity contribution in [1.82, 2.24) is 0 Å². The van der Waals surface area contributed by atoms with Crippen LogP contribution in [0.2, 0.25) is 0 Å². The second-order valence-corrected chi connectivity index (χ2v) is 6.74. The normalized spacial score (nSPS) is 11.7. The number of benzene rings is 2. The summed E-state index contributed by atoms with van der Waals surface area (Å²) in [5.74, 6) is -0.557. The first-order valence-electron chi connectivity index (χ1n) is 6.74. The number of hydrogen-bond acceptors (Lipinski definition) is 4. The first-order chi connectivity index (χ1) is 10.9. The van der Waals surface area contributed by atoms with Crippen LogP contribution in [0.3, 0.4) is 0 Å². The summed E-state index contributed by atoms with van der Waals surface area (Å²) < 4.78 is 16.9. The van der Waals surface area contributed by atoms with Crippen LogP contribution >= 0.6 is 7.60 Å². The second-order valence-electron chi connectivity index (χ2n) is 5.09. The molecule has 0 saturated heterocycles. The van der Waals surface area contributed by atoms with Gasteiger partial charge in [0.15, 0.2) is 5.76 Å². The van der Waals surface area contributed by atoms with Gasteiger partial charge in [-0.05, 0) is 6.07 Å². The van der Waals surface area contributed by atoms with Gasteiger partial charge in [0.05, 0.1) is 11.5 Å². The zero-order valence-corrected chi connectivity index (χ0v) is 12.7. The Bertz CT molecular complexity index is 971. The molecular formula is C16H13O6P. The largest absolute Gasteiger partial charge is 0.502 e. The molecule has 23 heavy (non-hydrogen) atoms. The molecule has 3 rings (SSSR count). The Morgan fingerprint density at radius 2 is 1.70 bits per heavy atom. The van der Waals surface area contributed by atoms with Crippen LogP contribution < -0.4 is 5.43 Å². The average molecular weight is 332 g/mol. The number of rotatable bonds is 3. The Kier molecular flexibility index (Phi) is 3.82. The van der Waals surface area contributed by atoms with Crippen LogP contribution in [0.15, 0.2) is 57.7 Å². The standard InChI is InChI=1S/C16H13O6P/c17-13-12-8-4-7-11(9-23(19,20)21)15(12)22-16(14(13)18)10-5-2-1-3-6-10/h1-8,18H,9H2,(H2,19,20,21). The van der Waals surface area contributed by atoms with Crippen LogP contribution in [0.1, 0.15) is 5.56 Å². The van der Waals surface area contributed by atoms with E-state index in [9.17, 15) is 24.3 Å². The van der Waals surface area contributed by atoms with Gasteiger partial charge in [0, 0.05) is 11.1 Å². The van der Waals surface area contributed by atoms with Crippen molar-refractivity contribution in [3.8, 4) is 17.1 Å². The summed E-state index contributed by atoms with van der Waals surface area (Å²) in [4.78, 5) is 30.7. The number of fused-ring (bicyclic) bond motifs is 1. The Labute approximate surface area is 130 Å². The third-order valence-electron chi connectivity index (χ3n) is 3.39. The van der Waals surface area contributed by atoms with Gasteiger partial charge in [0.1, 0.15) is 5.58 Å². The molecule has 6 nitrogen and oxygen atoms in total. The highest BCUT2D eigenvalue weighted by atomic mass is 31.2. The minimum absolute atomic E-state index is 0.0266. The molecule has 0 aliphatic carbocycles. The van der Waals surface area contributed by atoms with Crippen LogP contribution in [0.5, 0.6) is 5.75 Å². The van der Waals surface area contributed by atoms with Gasteiger partial charge in [-0.3, -0.25) is 9.36 Å². The molecule has 0 radical (unpaired) electrons. The van der Waals surface area contributed by atoms with Gasteiger partial charge in [0.2, 0.25) is 11.2 Å². The van der Waals surface area contributed by atoms with Crippen LogP contribution in [0.4, 0.5) is 0 Å². The van der Waals surface area contributed by atoms with Gasteiger partial charge in [-0.15, -0.1) is 0 Å². The molecule has 118 valence electrons. The van der Waals surface area contributed by atoms with Crippen molar-refractivity contribution in [3.05, 3.63) is 64.3 Å². The third-order valence-corrected chi connectivity index (χ3v) is 4.14. The maximum Gasteiger partial charge on any atom is 0.330 e. The van der Waals surface area contributed by atoms with Crippen molar-refractivity contribution in [2.75, 3.05) is 0 Å². The van der Waals surface area contributed by atoms with Gasteiger partial charge in [-0.1, -0.05) is 42.5 Å². The summed E-state index contributed by atoms with van der Waals surface area (Å²) in [6.45, 7) is 0. The summed E-state index contributed by atoms with van der Waals surface area (Å²) in [5, 5.41) is 10.2. The maximum absolute atomic E-state index is 12.3. The number of para-hydroxylation sites is 1. The van der Waals surface area contributed by atoms with Crippen LogP contribution in [0, 0.1) is 0 Å². The number of aromatic hydroxyl groups is 1. The molecule has 0 amide bonds. The molecule has 3 N–H and O–H groups in total. The van der Waals surface area contributed by atoms with E-state index in [1.807, 2.05) is 0 Å². The molecule has 3 aromatic rings. The molecule has 1 heterocycles. The molecular weight excluding hydrogens is 319 g/mol. The van der Waals surface area contributed by atoms with Gasteiger partial charge in [-0.2, -0.15) is 0 Å². The quantitative estimate of drug-likeness (QED) is 0.637. The molecule has 0 aliphatic rings. The van der Waals surface area contributed by atoms with E-state index >= 15 is 0 Å².